The third-order valence-corrected chi connectivity index (χ3v) is 0.661. The molecule has 0 aliphatic carbocycles. The number of rotatable bonds is 9. The molecule has 0 heterocycles. The molecule has 1 nitrogen and oxygen atoms in total. The Balaban J connectivity index is 0. The van der Waals surface area contributed by atoms with Crippen molar-refractivity contribution in [1.82, 2.24) is 0 Å². The first-order chi connectivity index (χ1) is 18.2. The smallest absolute Gasteiger partial charge is 0.0924 e. The molecule has 0 aromatic rings. The van der Waals surface area contributed by atoms with Crippen LogP contribution in [-0.2, 0) is 0 Å². The Morgan fingerprint density at radius 3 is 1.93 bits per heavy atom. The topological polar surface area (TPSA) is 0 Å². The maximum absolute atomic E-state index is 8.18. The van der Waals surface area contributed by atoms with Gasteiger partial charge in [-0.1, -0.05) is 45.1 Å². The van der Waals surface area contributed by atoms with Crippen molar-refractivity contribution in [2.45, 2.75) is 57.8 Å². The fraction of sp³-hybridized carbons (Fsp3) is 1.00. The van der Waals surface area contributed by atoms with E-state index in [-0.39, 0.29) is 17.0 Å². The second-order valence-corrected chi connectivity index (χ2v) is 1.78. The van der Waals surface area contributed by atoms with Crippen LogP contribution >= 0.6 is 0 Å². The average molecular weight is 310 g/mol. The summed E-state index contributed by atoms with van der Waals surface area (Å²) in [6.07, 6.45) is -39.0. The molecule has 94 valence electrons. The molecule has 2 heteroatoms. The summed E-state index contributed by atoms with van der Waals surface area (Å²) in [6, 6.07) is 0. The first-order valence-corrected chi connectivity index (χ1v) is 3.14. The van der Waals surface area contributed by atoms with E-state index in [4.69, 9.17) is 41.1 Å². The molecular formula is C13H30BrN. The van der Waals surface area contributed by atoms with Crippen molar-refractivity contribution in [3.63, 3.8) is 0 Å². The van der Waals surface area contributed by atoms with Crippen LogP contribution in [0.15, 0.2) is 0 Å². The predicted molar refractivity (Wildman–Crippen MR) is 65.5 cm³/mol. The minimum atomic E-state index is -5.14. The fourth-order valence-electron chi connectivity index (χ4n) is 0.299. The van der Waals surface area contributed by atoms with Crippen molar-refractivity contribution in [1.29, 1.82) is 0 Å². The van der Waals surface area contributed by atoms with E-state index in [0.717, 1.165) is 0 Å². The molecule has 0 radical (unpaired) electrons. The summed E-state index contributed by atoms with van der Waals surface area (Å²) >= 11 is 0. The molecule has 0 aliphatic heterocycles. The van der Waals surface area contributed by atoms with Gasteiger partial charge in [0, 0.05) is 26.0 Å². The zero-order valence-corrected chi connectivity index (χ0v) is 8.91. The van der Waals surface area contributed by atoms with Crippen LogP contribution in [0, 0.1) is 0 Å². The predicted octanol–water partition coefficient (Wildman–Crippen LogP) is 0.837. The zero-order chi connectivity index (χ0) is 37.0. The Kier molecular flexibility index (Phi) is 1.24. The first kappa shape index (κ1) is 1.71. The first-order valence-electron chi connectivity index (χ1n) is 18.1. The van der Waals surface area contributed by atoms with Crippen LogP contribution in [0.2, 0.25) is 0 Å². The number of nitrogens with zero attached hydrogens (tertiary/aromatic N) is 1. The van der Waals surface area contributed by atoms with Crippen molar-refractivity contribution in [3.05, 3.63) is 0 Å². The summed E-state index contributed by atoms with van der Waals surface area (Å²) in [5.41, 5.74) is 0. The normalized spacial score (nSPS) is 52.8. The number of halogens is 1. The summed E-state index contributed by atoms with van der Waals surface area (Å²) in [6.45, 7) is -23.1. The lowest BCUT2D eigenvalue weighted by molar-refractivity contribution is -0.870. The monoisotopic (exact) mass is 309 g/mol. The molecule has 0 spiro atoms. The van der Waals surface area contributed by atoms with Crippen molar-refractivity contribution in [2.24, 2.45) is 0 Å². The minimum Gasteiger partial charge on any atom is -1.00 e. The Morgan fingerprint density at radius 2 is 1.40 bits per heavy atom. The van der Waals surface area contributed by atoms with Crippen LogP contribution in [0.25, 0.3) is 0 Å². The highest BCUT2D eigenvalue weighted by molar-refractivity contribution is 4.45. The molecule has 0 saturated heterocycles. The lowest BCUT2D eigenvalue weighted by Gasteiger charge is -2.23. The molecule has 0 bridgehead atoms. The van der Waals surface area contributed by atoms with Crippen molar-refractivity contribution in [3.8, 4) is 0 Å². The second kappa shape index (κ2) is 10.9. The van der Waals surface area contributed by atoms with Gasteiger partial charge in [-0.2, -0.15) is 0 Å². The van der Waals surface area contributed by atoms with Gasteiger partial charge in [0.15, 0.2) is 0 Å². The van der Waals surface area contributed by atoms with E-state index >= 15 is 0 Å². The number of hydrogen-bond donors (Lipinski definition) is 0. The fourth-order valence-corrected chi connectivity index (χ4v) is 0.299. The van der Waals surface area contributed by atoms with Gasteiger partial charge in [0.25, 0.3) is 0 Å². The zero-order valence-electron chi connectivity index (χ0n) is 37.3. The Bertz CT molecular complexity index is 1010. The Hall–Kier alpha value is 0.440. The molecule has 0 unspecified atom stereocenters. The molecule has 0 atom stereocenters. The largest absolute Gasteiger partial charge is 1.00 e. The van der Waals surface area contributed by atoms with Gasteiger partial charge in [-0.15, -0.1) is 0 Å². The van der Waals surface area contributed by atoms with Gasteiger partial charge in [0.2, 0.25) is 0 Å². The highest BCUT2D eigenvalue weighted by Crippen LogP contribution is 2.09. The highest BCUT2D eigenvalue weighted by Gasteiger charge is 2.04. The molecule has 0 aromatic carbocycles. The van der Waals surface area contributed by atoms with Gasteiger partial charge in [-0.05, 0) is 12.7 Å². The molecule has 0 aliphatic rings. The third-order valence-electron chi connectivity index (χ3n) is 0.661. The molecule has 0 amide bonds. The SMILES string of the molecule is [2H]C([2H])([2H])C([2H])([2H])C([2H])([2H])C([2H])([2H])C([2H])([2H])C([2H])([2H])C([2H])([2H])C([2H])([2H])C([2H])([2H])C([2H])([2H])[N+](C([2H])([2H])[2H])(C([2H])([2H])[2H])C([2H])([2H])[2H].[Br-]. The summed E-state index contributed by atoms with van der Waals surface area (Å²) < 4.78 is 230. The second-order valence-electron chi connectivity index (χ2n) is 1.78. The van der Waals surface area contributed by atoms with Crippen LogP contribution in [0.5, 0.6) is 0 Å². The van der Waals surface area contributed by atoms with Crippen molar-refractivity contribution < 1.29 is 62.6 Å². The third kappa shape index (κ3) is 17.1. The lowest BCUT2D eigenvalue weighted by atomic mass is 10.1. The van der Waals surface area contributed by atoms with Crippen molar-refractivity contribution >= 4 is 0 Å². The van der Waals surface area contributed by atoms with E-state index in [2.05, 4.69) is 0 Å². The van der Waals surface area contributed by atoms with Crippen LogP contribution in [0.3, 0.4) is 0 Å². The van der Waals surface area contributed by atoms with E-state index in [9.17, 15) is 0 Å². The number of hydrogen-bond acceptors (Lipinski definition) is 0. The van der Waals surface area contributed by atoms with Crippen molar-refractivity contribution in [2.75, 3.05) is 27.4 Å². The standard InChI is InChI=1S/C13H30N.BrH/c1-5-6-7-8-9-10-11-12-13-14(2,3)4;/h5-13H2,1-4H3;1H/q+1;/p-1/i1D3,2D3,3D3,4D3,5D2,6D2,7D2,8D2,9D2,10D2,11D2,12D2,13D2;. The molecule has 15 heavy (non-hydrogen) atoms. The quantitative estimate of drug-likeness (QED) is 0.554. The van der Waals surface area contributed by atoms with Gasteiger partial charge in [0.05, 0.1) is 42.5 Å². The van der Waals surface area contributed by atoms with Crippen LogP contribution in [-0.4, -0.2) is 31.9 Å². The Labute approximate surface area is 150 Å². The highest BCUT2D eigenvalue weighted by atomic mass is 79.9. The molecule has 0 aromatic heterocycles. The van der Waals surface area contributed by atoms with Crippen LogP contribution in [0.4, 0.5) is 0 Å². The molecule has 0 saturated carbocycles. The average Bonchev–Trinajstić information content (AvgIpc) is 2.68. The lowest BCUT2D eigenvalue weighted by Crippen LogP contribution is -3.00. The van der Waals surface area contributed by atoms with Crippen LogP contribution < -0.4 is 17.0 Å². The van der Waals surface area contributed by atoms with Gasteiger partial charge in [0.1, 0.15) is 0 Å². The molecule has 0 fully saturated rings. The van der Waals surface area contributed by atoms with Gasteiger partial charge in [-0.25, -0.2) is 0 Å². The van der Waals surface area contributed by atoms with E-state index in [1.165, 1.54) is 0 Å². The van der Waals surface area contributed by atoms with E-state index in [1.54, 1.807) is 0 Å². The summed E-state index contributed by atoms with van der Waals surface area (Å²) in [5.74, 6) is 0. The molecule has 0 N–H and O–H groups in total. The molecular weight excluding hydrogens is 250 g/mol. The van der Waals surface area contributed by atoms with Gasteiger partial charge < -0.3 is 21.5 Å². The molecule has 0 rings (SSSR count). The van der Waals surface area contributed by atoms with Gasteiger partial charge in [-0.3, -0.25) is 0 Å². The van der Waals surface area contributed by atoms with Gasteiger partial charge >= 0.3 is 0 Å². The van der Waals surface area contributed by atoms with E-state index in [0.29, 0.717) is 0 Å². The minimum absolute atomic E-state index is 0. The van der Waals surface area contributed by atoms with E-state index in [1.807, 2.05) is 0 Å². The maximum Gasteiger partial charge on any atom is 0.0924 e. The van der Waals surface area contributed by atoms with Crippen LogP contribution in [0.1, 0.15) is 99.0 Å². The Morgan fingerprint density at radius 1 is 0.867 bits per heavy atom. The summed E-state index contributed by atoms with van der Waals surface area (Å²) in [7, 11) is 0. The number of quaternary nitrogens is 1. The maximum atomic E-state index is 8.18. The van der Waals surface area contributed by atoms with E-state index < -0.39 is 89.7 Å². The summed E-state index contributed by atoms with van der Waals surface area (Å²) in [5, 5.41) is 0. The summed E-state index contributed by atoms with van der Waals surface area (Å²) in [4.78, 5) is 0.